The average molecular weight is 694 g/mol. The molecule has 0 amide bonds. The van der Waals surface area contributed by atoms with Crippen LogP contribution < -0.4 is 21.3 Å². The molecule has 6 aromatic rings. The summed E-state index contributed by atoms with van der Waals surface area (Å²) in [7, 11) is 0. The molecule has 1 aromatic heterocycles. The highest BCUT2D eigenvalue weighted by molar-refractivity contribution is 6.98. The number of fused-ring (bicyclic) bond motifs is 11. The van der Waals surface area contributed by atoms with Gasteiger partial charge in [0.05, 0.1) is 11.1 Å². The van der Waals surface area contributed by atoms with Gasteiger partial charge in [-0.3, -0.25) is 0 Å². The Hall–Kier alpha value is -4.24. The highest BCUT2D eigenvalue weighted by Gasteiger charge is 2.71. The Balaban J connectivity index is 1.29. The van der Waals surface area contributed by atoms with Crippen molar-refractivity contribution in [3.8, 4) is 0 Å². The topological polar surface area (TPSA) is 16.4 Å². The quantitative estimate of drug-likeness (QED) is 0.159. The summed E-state index contributed by atoms with van der Waals surface area (Å²) < 4.78 is 6.55. The maximum Gasteiger partial charge on any atom is 0.247 e. The summed E-state index contributed by atoms with van der Waals surface area (Å²) in [4.78, 5) is 2.65. The number of aryl methyl sites for hydroxylation is 1. The minimum absolute atomic E-state index is 0.0107. The van der Waals surface area contributed by atoms with Crippen molar-refractivity contribution in [2.75, 3.05) is 4.90 Å². The van der Waals surface area contributed by atoms with Gasteiger partial charge in [-0.05, 0) is 134 Å². The van der Waals surface area contributed by atoms with Gasteiger partial charge in [0.15, 0.2) is 0 Å². The van der Waals surface area contributed by atoms with E-state index in [-0.39, 0.29) is 23.0 Å². The first kappa shape index (κ1) is 32.2. The molecule has 3 aliphatic carbocycles. The molecule has 5 atom stereocenters. The van der Waals surface area contributed by atoms with E-state index < -0.39 is 0 Å². The number of rotatable bonds is 1. The summed E-state index contributed by atoms with van der Waals surface area (Å²) in [5, 5.41) is 2.38. The highest BCUT2D eigenvalue weighted by Crippen LogP contribution is 2.78. The van der Waals surface area contributed by atoms with Crippen LogP contribution >= 0.6 is 0 Å². The third-order valence-corrected chi connectivity index (χ3v) is 15.2. The van der Waals surface area contributed by atoms with Gasteiger partial charge < -0.3 is 9.32 Å². The number of nitrogens with zero attached hydrogens (tertiary/aromatic N) is 1. The van der Waals surface area contributed by atoms with E-state index in [0.29, 0.717) is 23.2 Å². The number of para-hydroxylation sites is 1. The summed E-state index contributed by atoms with van der Waals surface area (Å²) in [5.74, 6) is 1.83. The molecule has 266 valence electrons. The van der Waals surface area contributed by atoms with E-state index in [0.717, 1.165) is 11.2 Å². The zero-order chi connectivity index (χ0) is 36.6. The monoisotopic (exact) mass is 693 g/mol. The molecule has 0 saturated heterocycles. The first-order valence-corrected chi connectivity index (χ1v) is 20.4. The molecule has 2 aliphatic heterocycles. The molecule has 0 bridgehead atoms. The molecule has 2 saturated carbocycles. The molecule has 3 heterocycles. The van der Waals surface area contributed by atoms with Gasteiger partial charge in [0.25, 0.3) is 0 Å². The van der Waals surface area contributed by atoms with E-state index in [2.05, 4.69) is 152 Å². The van der Waals surface area contributed by atoms with Gasteiger partial charge >= 0.3 is 0 Å². The molecular formula is C50H52BNO. The Morgan fingerprint density at radius 2 is 1.45 bits per heavy atom. The number of hydrogen-bond donors (Lipinski definition) is 0. The second kappa shape index (κ2) is 10.1. The Kier molecular flexibility index (Phi) is 6.13. The van der Waals surface area contributed by atoms with Gasteiger partial charge in [-0.15, -0.1) is 0 Å². The summed E-state index contributed by atoms with van der Waals surface area (Å²) in [5.41, 5.74) is 20.2. The van der Waals surface area contributed by atoms with Gasteiger partial charge in [-0.2, -0.15) is 0 Å². The Morgan fingerprint density at radius 1 is 0.698 bits per heavy atom. The molecule has 0 radical (unpaired) electrons. The van der Waals surface area contributed by atoms with Gasteiger partial charge in [0.2, 0.25) is 6.71 Å². The second-order valence-corrected chi connectivity index (χ2v) is 20.1. The third-order valence-electron chi connectivity index (χ3n) is 15.2. The van der Waals surface area contributed by atoms with Crippen molar-refractivity contribution in [2.45, 2.75) is 116 Å². The van der Waals surface area contributed by atoms with Crippen molar-refractivity contribution >= 4 is 62.1 Å². The van der Waals surface area contributed by atoms with E-state index >= 15 is 0 Å². The first-order valence-electron chi connectivity index (χ1n) is 20.4. The predicted octanol–water partition coefficient (Wildman–Crippen LogP) is 11.5. The summed E-state index contributed by atoms with van der Waals surface area (Å²) in [6, 6.07) is 33.3. The van der Waals surface area contributed by atoms with E-state index in [1.54, 1.807) is 27.6 Å². The van der Waals surface area contributed by atoms with E-state index in [4.69, 9.17) is 4.42 Å². The van der Waals surface area contributed by atoms with E-state index in [9.17, 15) is 0 Å². The normalized spacial score (nSPS) is 26.5. The van der Waals surface area contributed by atoms with Crippen molar-refractivity contribution in [2.24, 2.45) is 11.3 Å². The van der Waals surface area contributed by atoms with Gasteiger partial charge in [0.1, 0.15) is 11.2 Å². The molecule has 0 spiro atoms. The fraction of sp³-hybridized carbons (Fsp3) is 0.400. The van der Waals surface area contributed by atoms with Crippen LogP contribution in [0.4, 0.5) is 17.1 Å². The van der Waals surface area contributed by atoms with Gasteiger partial charge in [-0.1, -0.05) is 128 Å². The minimum Gasteiger partial charge on any atom is -0.456 e. The Labute approximate surface area is 316 Å². The molecule has 11 rings (SSSR count). The number of anilines is 3. The molecule has 2 fully saturated rings. The second-order valence-electron chi connectivity index (χ2n) is 20.1. The van der Waals surface area contributed by atoms with Crippen LogP contribution in [0.2, 0.25) is 0 Å². The molecule has 2 nitrogen and oxygen atoms in total. The number of furan rings is 1. The van der Waals surface area contributed by atoms with E-state index in [1.807, 2.05) is 0 Å². The highest BCUT2D eigenvalue weighted by atomic mass is 16.3. The zero-order valence-corrected chi connectivity index (χ0v) is 33.1. The smallest absolute Gasteiger partial charge is 0.247 e. The maximum absolute atomic E-state index is 6.55. The predicted molar refractivity (Wildman–Crippen MR) is 225 cm³/mol. The molecule has 5 aliphatic rings. The lowest BCUT2D eigenvalue weighted by Gasteiger charge is -2.55. The van der Waals surface area contributed by atoms with Crippen LogP contribution in [0.25, 0.3) is 21.9 Å². The summed E-state index contributed by atoms with van der Waals surface area (Å²) in [6.07, 6.45) is 5.34. The lowest BCUT2D eigenvalue weighted by Crippen LogP contribution is -2.60. The molecule has 53 heavy (non-hydrogen) atoms. The standard InChI is InChI=1S/C50H52BNO/c1-28-23-32-42-44-43-33(49(8)21-12-13-22-50(49,9)45(42)44)25-30(48(5,6)7)26-35(43)51-34-20-19-29(47(2,3)4)27-37(34)52(38(24-28)46(32)51)36-16-14-18-40-41(36)31-15-10-11-17-39(31)53-40/h10-11,14-20,23-27,42,44-45H,12-13,21-22H2,1-9H3. The SMILES string of the molecule is Cc1cc2c3c(c1)N(c1cccc4oc5ccccc5c14)c1cc(C(C)(C)C)ccc1B3c1cc(C(C)(C)C)cc3c1C1C2C1C1(C)CCCCC31C. The van der Waals surface area contributed by atoms with Crippen molar-refractivity contribution in [3.63, 3.8) is 0 Å². The van der Waals surface area contributed by atoms with E-state index in [1.165, 1.54) is 75.7 Å². The largest absolute Gasteiger partial charge is 0.456 e. The van der Waals surface area contributed by atoms with Gasteiger partial charge in [-0.25, -0.2) is 0 Å². The van der Waals surface area contributed by atoms with Crippen LogP contribution in [0.5, 0.6) is 0 Å². The molecule has 3 heteroatoms. The van der Waals surface area contributed by atoms with Crippen molar-refractivity contribution < 1.29 is 4.42 Å². The Morgan fingerprint density at radius 3 is 2.25 bits per heavy atom. The van der Waals surface area contributed by atoms with Crippen molar-refractivity contribution in [1.29, 1.82) is 0 Å². The maximum atomic E-state index is 6.55. The van der Waals surface area contributed by atoms with Crippen LogP contribution in [0.1, 0.15) is 126 Å². The molecule has 5 unspecified atom stereocenters. The van der Waals surface area contributed by atoms with Crippen LogP contribution in [0.3, 0.4) is 0 Å². The zero-order valence-electron chi connectivity index (χ0n) is 33.1. The fourth-order valence-corrected chi connectivity index (χ4v) is 12.4. The first-order chi connectivity index (χ1) is 25.2. The van der Waals surface area contributed by atoms with Crippen molar-refractivity contribution in [3.05, 3.63) is 118 Å². The minimum atomic E-state index is 0.0107. The summed E-state index contributed by atoms with van der Waals surface area (Å²) >= 11 is 0. The third kappa shape index (κ3) is 4.02. The Bertz CT molecular complexity index is 2580. The van der Waals surface area contributed by atoms with Crippen LogP contribution in [0.15, 0.2) is 89.3 Å². The van der Waals surface area contributed by atoms with Gasteiger partial charge in [0, 0.05) is 16.8 Å². The lowest BCUT2D eigenvalue weighted by molar-refractivity contribution is 0.0503. The summed E-state index contributed by atoms with van der Waals surface area (Å²) in [6.45, 7) is 22.3. The van der Waals surface area contributed by atoms with Crippen LogP contribution in [0, 0.1) is 18.3 Å². The fourth-order valence-electron chi connectivity index (χ4n) is 12.4. The molecular weight excluding hydrogens is 641 g/mol. The lowest BCUT2D eigenvalue weighted by atomic mass is 9.32. The average Bonchev–Trinajstić information content (AvgIpc) is 3.77. The molecule has 0 N–H and O–H groups in total. The van der Waals surface area contributed by atoms with Crippen LogP contribution in [-0.4, -0.2) is 6.71 Å². The van der Waals surface area contributed by atoms with Crippen molar-refractivity contribution in [1.82, 2.24) is 0 Å². The van der Waals surface area contributed by atoms with Crippen LogP contribution in [-0.2, 0) is 16.2 Å². The number of benzene rings is 5. The number of hydrogen-bond acceptors (Lipinski definition) is 2. The molecule has 5 aromatic carbocycles.